The average molecular weight is 244 g/mol. The highest BCUT2D eigenvalue weighted by Crippen LogP contribution is 2.19. The van der Waals surface area contributed by atoms with Gasteiger partial charge in [-0.25, -0.2) is 0 Å². The summed E-state index contributed by atoms with van der Waals surface area (Å²) in [6.07, 6.45) is 2.35. The minimum absolute atomic E-state index is 0.367. The lowest BCUT2D eigenvalue weighted by atomic mass is 10.1. The Balaban J connectivity index is 2.52. The van der Waals surface area contributed by atoms with Crippen molar-refractivity contribution in [3.8, 4) is 0 Å². The lowest BCUT2D eigenvalue weighted by molar-refractivity contribution is 0.156. The van der Waals surface area contributed by atoms with Gasteiger partial charge in [0.25, 0.3) is 0 Å². The fourth-order valence-electron chi connectivity index (χ4n) is 1.67. The molecule has 0 aromatic rings. The molecule has 1 N–H and O–H groups in total. The Bertz CT molecular complexity index is 231. The van der Waals surface area contributed by atoms with Crippen molar-refractivity contribution in [2.75, 3.05) is 19.5 Å². The third-order valence-corrected chi connectivity index (χ3v) is 3.86. The van der Waals surface area contributed by atoms with Gasteiger partial charge in [-0.3, -0.25) is 4.99 Å². The summed E-state index contributed by atoms with van der Waals surface area (Å²) >= 11 is 1.84. The van der Waals surface area contributed by atoms with Gasteiger partial charge in [0.05, 0.1) is 18.7 Å². The number of methoxy groups -OCH3 is 1. The van der Waals surface area contributed by atoms with Crippen LogP contribution in [-0.2, 0) is 4.74 Å². The number of hydrogen-bond acceptors (Lipinski definition) is 4. The number of thioether (sulfide) groups is 1. The van der Waals surface area contributed by atoms with Gasteiger partial charge in [-0.2, -0.15) is 0 Å². The molecule has 0 bridgehead atoms. The molecule has 0 saturated heterocycles. The maximum absolute atomic E-state index is 5.23. The van der Waals surface area contributed by atoms with Gasteiger partial charge >= 0.3 is 0 Å². The van der Waals surface area contributed by atoms with E-state index in [1.165, 1.54) is 12.2 Å². The van der Waals surface area contributed by atoms with Crippen LogP contribution in [0.25, 0.3) is 0 Å². The zero-order chi connectivity index (χ0) is 12.0. The van der Waals surface area contributed by atoms with Crippen molar-refractivity contribution < 1.29 is 4.74 Å². The van der Waals surface area contributed by atoms with E-state index in [1.807, 2.05) is 11.8 Å². The molecule has 2 unspecified atom stereocenters. The first-order valence-electron chi connectivity index (χ1n) is 6.13. The second-order valence-corrected chi connectivity index (χ2v) is 5.67. The molecule has 0 amide bonds. The largest absolute Gasteiger partial charge is 0.383 e. The molecule has 94 valence electrons. The predicted octanol–water partition coefficient (Wildman–Crippen LogP) is 2.52. The molecule has 0 aromatic carbocycles. The van der Waals surface area contributed by atoms with Crippen molar-refractivity contribution in [1.29, 1.82) is 0 Å². The van der Waals surface area contributed by atoms with Gasteiger partial charge in [0.1, 0.15) is 0 Å². The number of aliphatic imine (C=N–C) groups is 1. The van der Waals surface area contributed by atoms with Gasteiger partial charge < -0.3 is 10.1 Å². The highest BCUT2D eigenvalue weighted by molar-refractivity contribution is 8.13. The molecule has 16 heavy (non-hydrogen) atoms. The van der Waals surface area contributed by atoms with Crippen molar-refractivity contribution in [1.82, 2.24) is 5.32 Å². The van der Waals surface area contributed by atoms with Crippen molar-refractivity contribution in [3.63, 3.8) is 0 Å². The standard InChI is InChI=1S/C12H24N2OS/c1-5-10-6-7-16-12(13-10)14-11(8-15-4)9(2)3/h9-11H,5-8H2,1-4H3,(H,13,14). The van der Waals surface area contributed by atoms with Crippen LogP contribution < -0.4 is 5.32 Å². The monoisotopic (exact) mass is 244 g/mol. The summed E-state index contributed by atoms with van der Waals surface area (Å²) < 4.78 is 5.23. The quantitative estimate of drug-likeness (QED) is 0.807. The molecule has 1 rings (SSSR count). The normalized spacial score (nSPS) is 23.1. The van der Waals surface area contributed by atoms with E-state index >= 15 is 0 Å². The molecule has 0 spiro atoms. The van der Waals surface area contributed by atoms with E-state index in [0.717, 1.165) is 18.2 Å². The highest BCUT2D eigenvalue weighted by Gasteiger charge is 2.19. The SMILES string of the molecule is CCC1CCSC(NC(COC)C(C)C)=N1. The lowest BCUT2D eigenvalue weighted by Gasteiger charge is -2.26. The zero-order valence-corrected chi connectivity index (χ0v) is 11.6. The Morgan fingerprint density at radius 3 is 2.88 bits per heavy atom. The predicted molar refractivity (Wildman–Crippen MR) is 72.2 cm³/mol. The Hall–Kier alpha value is -0.220. The second kappa shape index (κ2) is 7.17. The van der Waals surface area contributed by atoms with Crippen molar-refractivity contribution in [2.45, 2.75) is 45.7 Å². The molecule has 2 atom stereocenters. The fraction of sp³-hybridized carbons (Fsp3) is 0.917. The number of nitrogens with zero attached hydrogens (tertiary/aromatic N) is 1. The summed E-state index contributed by atoms with van der Waals surface area (Å²) in [6, 6.07) is 0.881. The second-order valence-electron chi connectivity index (χ2n) is 4.58. The van der Waals surface area contributed by atoms with Crippen LogP contribution in [0.4, 0.5) is 0 Å². The van der Waals surface area contributed by atoms with Gasteiger partial charge in [-0.05, 0) is 18.8 Å². The summed E-state index contributed by atoms with van der Waals surface area (Å²) in [6.45, 7) is 7.37. The van der Waals surface area contributed by atoms with Crippen LogP contribution in [0, 0.1) is 5.92 Å². The third-order valence-electron chi connectivity index (χ3n) is 2.92. The molecule has 0 radical (unpaired) electrons. The molecule has 1 aliphatic heterocycles. The average Bonchev–Trinajstić information content (AvgIpc) is 2.28. The Labute approximate surface area is 103 Å². The Morgan fingerprint density at radius 1 is 1.56 bits per heavy atom. The first-order valence-corrected chi connectivity index (χ1v) is 7.12. The lowest BCUT2D eigenvalue weighted by Crippen LogP contribution is -2.42. The number of amidine groups is 1. The smallest absolute Gasteiger partial charge is 0.157 e. The van der Waals surface area contributed by atoms with Gasteiger partial charge in [0.15, 0.2) is 5.17 Å². The van der Waals surface area contributed by atoms with Gasteiger partial charge in [-0.1, -0.05) is 32.5 Å². The topological polar surface area (TPSA) is 33.6 Å². The molecular weight excluding hydrogens is 220 g/mol. The third kappa shape index (κ3) is 4.34. The van der Waals surface area contributed by atoms with Gasteiger partial charge in [0.2, 0.25) is 0 Å². The number of rotatable bonds is 5. The molecule has 0 aliphatic carbocycles. The summed E-state index contributed by atoms with van der Waals surface area (Å²) in [5.74, 6) is 1.74. The van der Waals surface area contributed by atoms with Crippen LogP contribution in [0.15, 0.2) is 4.99 Å². The van der Waals surface area contributed by atoms with Crippen LogP contribution in [0.1, 0.15) is 33.6 Å². The molecule has 3 nitrogen and oxygen atoms in total. The molecule has 4 heteroatoms. The van der Waals surface area contributed by atoms with E-state index < -0.39 is 0 Å². The van der Waals surface area contributed by atoms with E-state index in [4.69, 9.17) is 9.73 Å². The first-order chi connectivity index (χ1) is 7.67. The molecular formula is C12H24N2OS. The van der Waals surface area contributed by atoms with E-state index in [9.17, 15) is 0 Å². The van der Waals surface area contributed by atoms with Crippen LogP contribution in [-0.4, -0.2) is 36.7 Å². The number of hydrogen-bond donors (Lipinski definition) is 1. The van der Waals surface area contributed by atoms with Gasteiger partial charge in [-0.15, -0.1) is 0 Å². The molecule has 0 fully saturated rings. The van der Waals surface area contributed by atoms with Crippen molar-refractivity contribution >= 4 is 16.9 Å². The summed E-state index contributed by atoms with van der Waals surface area (Å²) in [7, 11) is 1.75. The molecule has 1 heterocycles. The highest BCUT2D eigenvalue weighted by atomic mass is 32.2. The molecule has 1 aliphatic rings. The summed E-state index contributed by atoms with van der Waals surface area (Å²) in [5, 5.41) is 4.61. The molecule has 0 aromatic heterocycles. The fourth-order valence-corrected chi connectivity index (χ4v) is 2.71. The number of nitrogens with one attached hydrogen (secondary N) is 1. The molecule has 0 saturated carbocycles. The van der Waals surface area contributed by atoms with E-state index in [1.54, 1.807) is 7.11 Å². The van der Waals surface area contributed by atoms with Crippen LogP contribution in [0.2, 0.25) is 0 Å². The van der Waals surface area contributed by atoms with Crippen molar-refractivity contribution in [2.24, 2.45) is 10.9 Å². The Morgan fingerprint density at radius 2 is 2.31 bits per heavy atom. The van der Waals surface area contributed by atoms with E-state index in [0.29, 0.717) is 18.0 Å². The summed E-state index contributed by atoms with van der Waals surface area (Å²) in [4.78, 5) is 4.72. The Kier molecular flexibility index (Phi) is 6.21. The number of ether oxygens (including phenoxy) is 1. The maximum atomic E-state index is 5.23. The summed E-state index contributed by atoms with van der Waals surface area (Å²) in [5.41, 5.74) is 0. The maximum Gasteiger partial charge on any atom is 0.157 e. The first kappa shape index (κ1) is 13.8. The minimum Gasteiger partial charge on any atom is -0.383 e. The van der Waals surface area contributed by atoms with E-state index in [-0.39, 0.29) is 0 Å². The minimum atomic E-state index is 0.367. The van der Waals surface area contributed by atoms with E-state index in [2.05, 4.69) is 26.1 Å². The zero-order valence-electron chi connectivity index (χ0n) is 10.8. The van der Waals surface area contributed by atoms with Gasteiger partial charge in [0, 0.05) is 12.9 Å². The van der Waals surface area contributed by atoms with Crippen LogP contribution in [0.3, 0.4) is 0 Å². The van der Waals surface area contributed by atoms with Crippen LogP contribution >= 0.6 is 11.8 Å². The van der Waals surface area contributed by atoms with Crippen LogP contribution in [0.5, 0.6) is 0 Å². The van der Waals surface area contributed by atoms with Crippen molar-refractivity contribution in [3.05, 3.63) is 0 Å².